The smallest absolute Gasteiger partial charge is 0.246 e. The van der Waals surface area contributed by atoms with E-state index in [9.17, 15) is 24.0 Å². The molecular formula is C43H58N6O5. The predicted octanol–water partition coefficient (Wildman–Crippen LogP) is 3.87. The fourth-order valence-electron chi connectivity index (χ4n) is 7.40. The third kappa shape index (κ3) is 12.0. The highest BCUT2D eigenvalue weighted by Gasteiger charge is 2.40. The summed E-state index contributed by atoms with van der Waals surface area (Å²) in [6.45, 7) is 0.360. The van der Waals surface area contributed by atoms with Gasteiger partial charge >= 0.3 is 0 Å². The van der Waals surface area contributed by atoms with Gasteiger partial charge in [0.2, 0.25) is 29.5 Å². The fourth-order valence-corrected chi connectivity index (χ4v) is 7.40. The van der Waals surface area contributed by atoms with E-state index in [-0.39, 0.29) is 43.4 Å². The van der Waals surface area contributed by atoms with Crippen LogP contribution in [0.15, 0.2) is 91.0 Å². The van der Waals surface area contributed by atoms with Gasteiger partial charge in [-0.25, -0.2) is 0 Å². The monoisotopic (exact) mass is 738 g/mol. The molecule has 0 heterocycles. The molecule has 0 aromatic heterocycles. The Morgan fingerprint density at radius 1 is 0.630 bits per heavy atom. The number of amides is 5. The van der Waals surface area contributed by atoms with Gasteiger partial charge in [-0.05, 0) is 42.0 Å². The molecule has 0 spiro atoms. The molecule has 0 unspecified atom stereocenters. The van der Waals surface area contributed by atoms with Crippen molar-refractivity contribution < 1.29 is 24.0 Å². The standard InChI is InChI=1S/C43H58N6O5/c1-47(36(40(45)51)28-32-19-10-5-11-20-32)42(53)38(30-34-23-14-7-15-24-34)49(3)43(54)37(29-33-21-12-6-13-22-33)48(2)41(52)35(46-39(50)25-16-26-44)27-31-17-8-4-9-18-31/h5-7,10-15,19-24,31,35-38H,4,8-9,16-18,25-30,44H2,1-3H3,(H2,45,51)(H,46,50)/t35-,36-,37-,38-/m0/s1. The molecule has 5 amide bonds. The quantitative estimate of drug-likeness (QED) is 0.169. The molecule has 1 aliphatic rings. The zero-order valence-electron chi connectivity index (χ0n) is 32.1. The van der Waals surface area contributed by atoms with E-state index in [1.54, 1.807) is 14.1 Å². The summed E-state index contributed by atoms with van der Waals surface area (Å²) in [4.78, 5) is 74.0. The van der Waals surface area contributed by atoms with Crippen LogP contribution in [0.25, 0.3) is 0 Å². The fraction of sp³-hybridized carbons (Fsp3) is 0.465. The number of hydrogen-bond donors (Lipinski definition) is 3. The van der Waals surface area contributed by atoms with Crippen molar-refractivity contribution in [3.8, 4) is 0 Å². The number of benzene rings is 3. The summed E-state index contributed by atoms with van der Waals surface area (Å²) in [7, 11) is 4.71. The summed E-state index contributed by atoms with van der Waals surface area (Å²) in [5.41, 5.74) is 14.0. The van der Waals surface area contributed by atoms with E-state index >= 15 is 0 Å². The van der Waals surface area contributed by atoms with Crippen LogP contribution in [0.5, 0.6) is 0 Å². The van der Waals surface area contributed by atoms with Crippen molar-refractivity contribution in [1.29, 1.82) is 0 Å². The zero-order valence-corrected chi connectivity index (χ0v) is 32.1. The average Bonchev–Trinajstić information content (AvgIpc) is 3.20. The molecule has 0 aliphatic heterocycles. The van der Waals surface area contributed by atoms with Crippen molar-refractivity contribution in [2.45, 2.75) is 94.8 Å². The van der Waals surface area contributed by atoms with Gasteiger partial charge < -0.3 is 31.5 Å². The van der Waals surface area contributed by atoms with Crippen LogP contribution in [-0.2, 0) is 43.2 Å². The third-order valence-electron chi connectivity index (χ3n) is 10.7. The number of carbonyl (C=O) groups excluding carboxylic acids is 5. The number of rotatable bonds is 19. The van der Waals surface area contributed by atoms with E-state index in [1.807, 2.05) is 91.0 Å². The predicted molar refractivity (Wildman–Crippen MR) is 211 cm³/mol. The van der Waals surface area contributed by atoms with Gasteiger partial charge in [0.05, 0.1) is 0 Å². The van der Waals surface area contributed by atoms with E-state index in [2.05, 4.69) is 5.32 Å². The first-order chi connectivity index (χ1) is 26.0. The molecule has 5 N–H and O–H groups in total. The number of hydrogen-bond acceptors (Lipinski definition) is 6. The van der Waals surface area contributed by atoms with Crippen molar-refractivity contribution in [2.24, 2.45) is 17.4 Å². The highest BCUT2D eigenvalue weighted by molar-refractivity contribution is 5.95. The van der Waals surface area contributed by atoms with Gasteiger partial charge in [0, 0.05) is 46.8 Å². The summed E-state index contributed by atoms with van der Waals surface area (Å²) in [6, 6.07) is 24.3. The second-order valence-electron chi connectivity index (χ2n) is 14.6. The van der Waals surface area contributed by atoms with E-state index in [0.29, 0.717) is 19.4 Å². The zero-order chi connectivity index (χ0) is 39.0. The number of carbonyl (C=O) groups is 5. The normalized spacial score (nSPS) is 15.3. The Balaban J connectivity index is 1.68. The van der Waals surface area contributed by atoms with Crippen LogP contribution in [0.3, 0.4) is 0 Å². The molecule has 3 aromatic rings. The number of nitrogens with two attached hydrogens (primary N) is 2. The highest BCUT2D eigenvalue weighted by Crippen LogP contribution is 2.28. The van der Waals surface area contributed by atoms with Crippen LogP contribution in [0, 0.1) is 5.92 Å². The Morgan fingerprint density at radius 3 is 1.46 bits per heavy atom. The van der Waals surface area contributed by atoms with E-state index in [0.717, 1.165) is 48.8 Å². The Labute approximate surface area is 320 Å². The second-order valence-corrected chi connectivity index (χ2v) is 14.6. The molecule has 1 aliphatic carbocycles. The first kappa shape index (κ1) is 41.7. The van der Waals surface area contributed by atoms with Crippen LogP contribution in [0.1, 0.15) is 68.1 Å². The summed E-state index contributed by atoms with van der Waals surface area (Å²) in [6.07, 6.45) is 7.02. The maximum atomic E-state index is 14.9. The molecule has 54 heavy (non-hydrogen) atoms. The van der Waals surface area contributed by atoms with E-state index < -0.39 is 41.9 Å². The molecule has 1 fully saturated rings. The van der Waals surface area contributed by atoms with Gasteiger partial charge in [-0.1, -0.05) is 123 Å². The molecule has 290 valence electrons. The lowest BCUT2D eigenvalue weighted by Gasteiger charge is -2.38. The first-order valence-electron chi connectivity index (χ1n) is 19.2. The summed E-state index contributed by atoms with van der Waals surface area (Å²) in [5.74, 6) is -1.89. The molecule has 4 atom stereocenters. The SMILES string of the molecule is CN(C(=O)[C@H](CC1CCCCC1)NC(=O)CCCN)[C@@H](Cc1ccccc1)C(=O)N(C)[C@@H](Cc1ccccc1)C(=O)N(C)[C@@H](Cc1ccccc1)C(N)=O. The molecule has 11 heteroatoms. The lowest BCUT2D eigenvalue weighted by atomic mass is 9.84. The Kier molecular flexibility index (Phi) is 16.2. The van der Waals surface area contributed by atoms with Gasteiger partial charge in [-0.15, -0.1) is 0 Å². The van der Waals surface area contributed by atoms with Crippen LogP contribution < -0.4 is 16.8 Å². The Hall–Kier alpha value is -5.03. The molecular weight excluding hydrogens is 681 g/mol. The minimum Gasteiger partial charge on any atom is -0.368 e. The maximum absolute atomic E-state index is 14.9. The van der Waals surface area contributed by atoms with Crippen LogP contribution in [-0.4, -0.2) is 96.1 Å². The van der Waals surface area contributed by atoms with Crippen molar-refractivity contribution in [3.63, 3.8) is 0 Å². The maximum Gasteiger partial charge on any atom is 0.246 e. The minimum atomic E-state index is -1.03. The average molecular weight is 739 g/mol. The molecule has 0 saturated heterocycles. The third-order valence-corrected chi connectivity index (χ3v) is 10.7. The van der Waals surface area contributed by atoms with Gasteiger partial charge in [-0.3, -0.25) is 24.0 Å². The van der Waals surface area contributed by atoms with Gasteiger partial charge in [0.15, 0.2) is 0 Å². The molecule has 11 nitrogen and oxygen atoms in total. The number of likely N-dealkylation sites (N-methyl/N-ethyl adjacent to an activating group) is 3. The Morgan fingerprint density at radius 2 is 1.04 bits per heavy atom. The lowest BCUT2D eigenvalue weighted by molar-refractivity contribution is -0.152. The molecule has 0 radical (unpaired) electrons. The minimum absolute atomic E-state index is 0.167. The largest absolute Gasteiger partial charge is 0.368 e. The molecule has 4 rings (SSSR count). The van der Waals surface area contributed by atoms with Crippen molar-refractivity contribution >= 4 is 29.5 Å². The first-order valence-corrected chi connectivity index (χ1v) is 19.2. The number of nitrogens with one attached hydrogen (secondary N) is 1. The highest BCUT2D eigenvalue weighted by atomic mass is 16.2. The van der Waals surface area contributed by atoms with E-state index in [1.165, 1.54) is 21.7 Å². The van der Waals surface area contributed by atoms with Crippen LogP contribution in [0.4, 0.5) is 0 Å². The van der Waals surface area contributed by atoms with Crippen molar-refractivity contribution in [1.82, 2.24) is 20.0 Å². The van der Waals surface area contributed by atoms with Crippen LogP contribution in [0.2, 0.25) is 0 Å². The summed E-state index contributed by atoms with van der Waals surface area (Å²) in [5, 5.41) is 2.98. The van der Waals surface area contributed by atoms with Crippen molar-refractivity contribution in [2.75, 3.05) is 27.7 Å². The molecule has 0 bridgehead atoms. The van der Waals surface area contributed by atoms with Gasteiger partial charge in [-0.2, -0.15) is 0 Å². The van der Waals surface area contributed by atoms with Gasteiger partial charge in [0.25, 0.3) is 0 Å². The Bertz CT molecular complexity index is 1650. The topological polar surface area (TPSA) is 159 Å². The van der Waals surface area contributed by atoms with E-state index in [4.69, 9.17) is 11.5 Å². The number of nitrogens with zero attached hydrogens (tertiary/aromatic N) is 3. The molecule has 1 saturated carbocycles. The van der Waals surface area contributed by atoms with Crippen LogP contribution >= 0.6 is 0 Å². The molecule has 3 aromatic carbocycles. The number of primary amides is 1. The van der Waals surface area contributed by atoms with Gasteiger partial charge in [0.1, 0.15) is 24.2 Å². The van der Waals surface area contributed by atoms with Crippen molar-refractivity contribution in [3.05, 3.63) is 108 Å². The lowest BCUT2D eigenvalue weighted by Crippen LogP contribution is -2.60. The summed E-state index contributed by atoms with van der Waals surface area (Å²) < 4.78 is 0. The second kappa shape index (κ2) is 21.0. The summed E-state index contributed by atoms with van der Waals surface area (Å²) >= 11 is 0.